The topological polar surface area (TPSA) is 84.4 Å². The number of nitrogens with one attached hydrogen (secondary N) is 1. The number of rotatable bonds is 6. The molecule has 3 rings (SSSR count). The largest absolute Gasteiger partial charge is 0.376 e. The third kappa shape index (κ3) is 5.61. The van der Waals surface area contributed by atoms with Gasteiger partial charge in [-0.1, -0.05) is 34.3 Å². The van der Waals surface area contributed by atoms with Gasteiger partial charge in [-0.25, -0.2) is 0 Å². The summed E-state index contributed by atoms with van der Waals surface area (Å²) in [6.45, 7) is 8.76. The second-order valence-corrected chi connectivity index (χ2v) is 9.04. The molecule has 0 aliphatic carbocycles. The molecule has 0 saturated carbocycles. The summed E-state index contributed by atoms with van der Waals surface area (Å²) in [6, 6.07) is 6.92. The zero-order chi connectivity index (χ0) is 21.0. The van der Waals surface area contributed by atoms with Crippen LogP contribution in [0.2, 0.25) is 0 Å². The van der Waals surface area contributed by atoms with E-state index in [-0.39, 0.29) is 23.6 Å². The Kier molecular flexibility index (Phi) is 6.64. The zero-order valence-electron chi connectivity index (χ0n) is 17.3. The van der Waals surface area contributed by atoms with Gasteiger partial charge in [0.25, 0.3) is 5.91 Å². The predicted octanol–water partition coefficient (Wildman–Crippen LogP) is 3.12. The van der Waals surface area contributed by atoms with Gasteiger partial charge >= 0.3 is 0 Å². The predicted molar refractivity (Wildman–Crippen MR) is 112 cm³/mol. The van der Waals surface area contributed by atoms with Gasteiger partial charge in [0.2, 0.25) is 5.91 Å². The van der Waals surface area contributed by atoms with E-state index in [1.807, 2.05) is 52.0 Å². The van der Waals surface area contributed by atoms with E-state index >= 15 is 0 Å². The summed E-state index contributed by atoms with van der Waals surface area (Å²) in [6.07, 6.45) is 1.72. The third-order valence-electron chi connectivity index (χ3n) is 4.72. The molecule has 2 atom stereocenters. The molecule has 1 aromatic heterocycles. The average Bonchev–Trinajstić information content (AvgIpc) is 3.34. The molecular formula is C21H28N4O3S. The fraction of sp³-hybridized carbons (Fsp3) is 0.524. The number of carbonyl (C=O) groups excluding carboxylic acids is 2. The Morgan fingerprint density at radius 1 is 1.31 bits per heavy atom. The Hall–Kier alpha value is -2.32. The maximum Gasteiger partial charge on any atom is 0.276 e. The lowest BCUT2D eigenvalue weighted by Crippen LogP contribution is -2.50. The van der Waals surface area contributed by atoms with E-state index in [1.54, 1.807) is 10.3 Å². The Bertz CT molecular complexity index is 825. The molecule has 0 unspecified atom stereocenters. The third-order valence-corrected chi connectivity index (χ3v) is 5.22. The number of amides is 2. The van der Waals surface area contributed by atoms with Gasteiger partial charge in [0, 0.05) is 24.1 Å². The molecule has 8 heteroatoms. The number of hydrogen-bond acceptors (Lipinski definition) is 6. The molecule has 1 aliphatic heterocycles. The van der Waals surface area contributed by atoms with Gasteiger partial charge in [-0.15, -0.1) is 5.10 Å². The normalized spacial score (nSPS) is 17.7. The Morgan fingerprint density at radius 3 is 2.59 bits per heavy atom. The fourth-order valence-corrected chi connectivity index (χ4v) is 3.81. The number of carbonyl (C=O) groups is 2. The standard InChI is InChI=1S/C21H28N4O3S/c1-14-7-9-15(10-8-14)18(19(26)22-21(2,3)4)25(12-16-6-5-11-28-16)20(27)17-13-29-24-23-17/h7-10,13,16,18H,5-6,11-12H2,1-4H3,(H,22,26)/t16-,18-/m1/s1. The first-order chi connectivity index (χ1) is 13.7. The molecule has 1 fully saturated rings. The van der Waals surface area contributed by atoms with Crippen LogP contribution in [0, 0.1) is 6.92 Å². The first-order valence-electron chi connectivity index (χ1n) is 9.83. The van der Waals surface area contributed by atoms with Crippen molar-refractivity contribution in [3.05, 3.63) is 46.5 Å². The van der Waals surface area contributed by atoms with Crippen LogP contribution in [0.3, 0.4) is 0 Å². The molecule has 2 heterocycles. The van der Waals surface area contributed by atoms with Crippen LogP contribution in [0.5, 0.6) is 0 Å². The van der Waals surface area contributed by atoms with Gasteiger partial charge in [-0.2, -0.15) is 0 Å². The lowest BCUT2D eigenvalue weighted by atomic mass is 9.99. The fourth-order valence-electron chi connectivity index (χ4n) is 3.38. The number of ether oxygens (including phenoxy) is 1. The van der Waals surface area contributed by atoms with Crippen LogP contribution < -0.4 is 5.32 Å². The van der Waals surface area contributed by atoms with Crippen molar-refractivity contribution in [3.8, 4) is 0 Å². The van der Waals surface area contributed by atoms with Crippen molar-refractivity contribution in [2.75, 3.05) is 13.2 Å². The van der Waals surface area contributed by atoms with E-state index in [0.717, 1.165) is 35.5 Å². The minimum atomic E-state index is -0.784. The minimum Gasteiger partial charge on any atom is -0.376 e. The number of benzene rings is 1. The minimum absolute atomic E-state index is 0.0964. The molecule has 0 radical (unpaired) electrons. The van der Waals surface area contributed by atoms with Gasteiger partial charge in [0.15, 0.2) is 5.69 Å². The molecule has 0 bridgehead atoms. The summed E-state index contributed by atoms with van der Waals surface area (Å²) in [7, 11) is 0. The maximum atomic E-state index is 13.4. The monoisotopic (exact) mass is 416 g/mol. The van der Waals surface area contributed by atoms with Crippen molar-refractivity contribution in [2.45, 2.75) is 58.2 Å². The van der Waals surface area contributed by atoms with Crippen LogP contribution in [0.4, 0.5) is 0 Å². The lowest BCUT2D eigenvalue weighted by Gasteiger charge is -2.34. The van der Waals surface area contributed by atoms with Gasteiger partial charge in [-0.05, 0) is 57.6 Å². The molecule has 0 spiro atoms. The van der Waals surface area contributed by atoms with Gasteiger partial charge in [0.1, 0.15) is 6.04 Å². The van der Waals surface area contributed by atoms with Crippen LogP contribution in [0.15, 0.2) is 29.6 Å². The highest BCUT2D eigenvalue weighted by atomic mass is 32.1. The summed E-state index contributed by atoms with van der Waals surface area (Å²) in [5.41, 5.74) is 1.66. The van der Waals surface area contributed by atoms with Crippen LogP contribution in [0.25, 0.3) is 0 Å². The zero-order valence-corrected chi connectivity index (χ0v) is 18.2. The van der Waals surface area contributed by atoms with Crippen molar-refractivity contribution in [3.63, 3.8) is 0 Å². The SMILES string of the molecule is Cc1ccc([C@H](C(=O)NC(C)(C)C)N(C[C@H]2CCCO2)C(=O)c2csnn2)cc1. The molecule has 29 heavy (non-hydrogen) atoms. The van der Waals surface area contributed by atoms with Crippen LogP contribution in [-0.2, 0) is 9.53 Å². The molecular weight excluding hydrogens is 388 g/mol. The van der Waals surface area contributed by atoms with Crippen molar-refractivity contribution in [2.24, 2.45) is 0 Å². The smallest absolute Gasteiger partial charge is 0.276 e. The number of aromatic nitrogens is 2. The second kappa shape index (κ2) is 9.00. The van der Waals surface area contributed by atoms with Crippen molar-refractivity contribution in [1.29, 1.82) is 0 Å². The van der Waals surface area contributed by atoms with E-state index in [2.05, 4.69) is 14.9 Å². The van der Waals surface area contributed by atoms with Crippen molar-refractivity contribution < 1.29 is 14.3 Å². The molecule has 7 nitrogen and oxygen atoms in total. The Balaban J connectivity index is 2.00. The molecule has 2 aromatic rings. The van der Waals surface area contributed by atoms with Crippen molar-refractivity contribution in [1.82, 2.24) is 19.8 Å². The van der Waals surface area contributed by atoms with Gasteiger partial charge < -0.3 is 15.0 Å². The summed E-state index contributed by atoms with van der Waals surface area (Å²) in [5, 5.41) is 8.58. The summed E-state index contributed by atoms with van der Waals surface area (Å²) in [5.74, 6) is -0.542. The first-order valence-corrected chi connectivity index (χ1v) is 10.7. The molecule has 1 aromatic carbocycles. The molecule has 2 amide bonds. The average molecular weight is 417 g/mol. The second-order valence-electron chi connectivity index (χ2n) is 8.44. The molecule has 1 N–H and O–H groups in total. The Morgan fingerprint density at radius 2 is 2.03 bits per heavy atom. The number of nitrogens with zero attached hydrogens (tertiary/aromatic N) is 3. The van der Waals surface area contributed by atoms with Crippen molar-refractivity contribution >= 4 is 23.3 Å². The summed E-state index contributed by atoms with van der Waals surface area (Å²) < 4.78 is 9.60. The highest BCUT2D eigenvalue weighted by molar-refractivity contribution is 7.03. The quantitative estimate of drug-likeness (QED) is 0.782. The number of aryl methyl sites for hydroxylation is 1. The maximum absolute atomic E-state index is 13.4. The van der Waals surface area contributed by atoms with Crippen LogP contribution in [-0.4, -0.2) is 51.1 Å². The van der Waals surface area contributed by atoms with Crippen LogP contribution in [0.1, 0.15) is 61.3 Å². The molecule has 1 saturated heterocycles. The van der Waals surface area contributed by atoms with E-state index in [4.69, 9.17) is 4.74 Å². The number of hydrogen-bond donors (Lipinski definition) is 1. The van der Waals surface area contributed by atoms with E-state index in [9.17, 15) is 9.59 Å². The van der Waals surface area contributed by atoms with Gasteiger partial charge in [-0.3, -0.25) is 9.59 Å². The summed E-state index contributed by atoms with van der Waals surface area (Å²) >= 11 is 1.12. The van der Waals surface area contributed by atoms with E-state index in [1.165, 1.54) is 0 Å². The lowest BCUT2D eigenvalue weighted by molar-refractivity contribution is -0.127. The highest BCUT2D eigenvalue weighted by Crippen LogP contribution is 2.27. The van der Waals surface area contributed by atoms with E-state index in [0.29, 0.717) is 13.2 Å². The first kappa shape index (κ1) is 21.4. The van der Waals surface area contributed by atoms with Gasteiger partial charge in [0.05, 0.1) is 6.10 Å². The Labute approximate surface area is 175 Å². The van der Waals surface area contributed by atoms with E-state index < -0.39 is 11.6 Å². The molecule has 1 aliphatic rings. The molecule has 156 valence electrons. The highest BCUT2D eigenvalue weighted by Gasteiger charge is 2.36. The van der Waals surface area contributed by atoms with Crippen LogP contribution >= 0.6 is 11.5 Å². The summed E-state index contributed by atoms with van der Waals surface area (Å²) in [4.78, 5) is 28.3.